The molecule has 5 heteroatoms. The highest BCUT2D eigenvalue weighted by molar-refractivity contribution is 5.81. The summed E-state index contributed by atoms with van der Waals surface area (Å²) < 4.78 is 7.92. The fourth-order valence-corrected chi connectivity index (χ4v) is 6.24. The van der Waals surface area contributed by atoms with E-state index in [4.69, 9.17) is 4.74 Å². The Kier molecular flexibility index (Phi) is 6.79. The topological polar surface area (TPSA) is 45.8 Å². The maximum atomic E-state index is 11.1. The van der Waals surface area contributed by atoms with Crippen molar-refractivity contribution in [1.29, 1.82) is 0 Å². The fraction of sp³-hybridized carbons (Fsp3) is 0.281. The lowest BCUT2D eigenvalue weighted by Crippen LogP contribution is -2.62. The van der Waals surface area contributed by atoms with Gasteiger partial charge >= 0.3 is 0 Å². The zero-order valence-electron chi connectivity index (χ0n) is 22.0. The largest absolute Gasteiger partial charge is 0.497 e. The molecule has 0 spiro atoms. The van der Waals surface area contributed by atoms with Crippen molar-refractivity contribution in [3.8, 4) is 17.0 Å². The number of anilines is 3. The number of nitroso groups, excluding NO2 is 1. The SMILES string of the molecule is CCC1c2ccc(N(c3ccc(N=O)cc3)c3ccc(OC)cc3)cc2-c2cccc[n+]2C1(CC)CC. The van der Waals surface area contributed by atoms with Gasteiger partial charge < -0.3 is 9.64 Å². The molecule has 188 valence electrons. The van der Waals surface area contributed by atoms with Gasteiger partial charge in [0, 0.05) is 48.0 Å². The second-order valence-corrected chi connectivity index (χ2v) is 9.64. The zero-order valence-corrected chi connectivity index (χ0v) is 22.0. The molecule has 1 atom stereocenters. The van der Waals surface area contributed by atoms with Crippen LogP contribution in [-0.2, 0) is 5.54 Å². The summed E-state index contributed by atoms with van der Waals surface area (Å²) >= 11 is 0. The maximum Gasteiger partial charge on any atom is 0.213 e. The molecule has 1 aliphatic heterocycles. The summed E-state index contributed by atoms with van der Waals surface area (Å²) in [6, 6.07) is 28.9. The van der Waals surface area contributed by atoms with E-state index >= 15 is 0 Å². The molecule has 37 heavy (non-hydrogen) atoms. The van der Waals surface area contributed by atoms with Crippen LogP contribution in [0.1, 0.15) is 51.5 Å². The molecule has 0 bridgehead atoms. The molecule has 1 unspecified atom stereocenters. The van der Waals surface area contributed by atoms with E-state index in [0.717, 1.165) is 42.1 Å². The Bertz CT molecular complexity index is 1390. The molecule has 0 saturated carbocycles. The average Bonchev–Trinajstić information content (AvgIpc) is 2.97. The van der Waals surface area contributed by atoms with Gasteiger partial charge in [-0.3, -0.25) is 0 Å². The molecule has 0 N–H and O–H groups in total. The van der Waals surface area contributed by atoms with Gasteiger partial charge in [0.2, 0.25) is 5.69 Å². The number of fused-ring (bicyclic) bond motifs is 3. The summed E-state index contributed by atoms with van der Waals surface area (Å²) in [5.41, 5.74) is 7.43. The summed E-state index contributed by atoms with van der Waals surface area (Å²) in [4.78, 5) is 13.3. The highest BCUT2D eigenvalue weighted by atomic mass is 16.5. The van der Waals surface area contributed by atoms with Crippen LogP contribution < -0.4 is 14.2 Å². The standard InChI is InChI=1S/C32H34N3O2/c1-5-30-28-20-17-26(22-29(28)31-10-8-9-21-34(31)32(30,6-2)7-3)35(24-13-11-23(33-36)12-14-24)25-15-18-27(37-4)19-16-25/h8-22,30H,5-7H2,1-4H3/q+1. The lowest BCUT2D eigenvalue weighted by Gasteiger charge is -2.40. The van der Waals surface area contributed by atoms with Gasteiger partial charge in [-0.1, -0.05) is 26.8 Å². The van der Waals surface area contributed by atoms with E-state index in [-0.39, 0.29) is 5.54 Å². The van der Waals surface area contributed by atoms with Crippen molar-refractivity contribution in [2.24, 2.45) is 5.18 Å². The molecule has 1 aromatic heterocycles. The first-order valence-electron chi connectivity index (χ1n) is 13.1. The predicted octanol–water partition coefficient (Wildman–Crippen LogP) is 8.54. The summed E-state index contributed by atoms with van der Waals surface area (Å²) in [5, 5.41) is 3.08. The number of aromatic nitrogens is 1. The smallest absolute Gasteiger partial charge is 0.213 e. The van der Waals surface area contributed by atoms with Crippen molar-refractivity contribution in [3.05, 3.63) is 102 Å². The third-order valence-electron chi connectivity index (χ3n) is 8.11. The molecule has 0 saturated heterocycles. The lowest BCUT2D eigenvalue weighted by molar-refractivity contribution is -0.762. The van der Waals surface area contributed by atoms with Gasteiger partial charge in [-0.25, -0.2) is 0 Å². The zero-order chi connectivity index (χ0) is 26.0. The maximum absolute atomic E-state index is 11.1. The fourth-order valence-electron chi connectivity index (χ4n) is 6.24. The molecule has 5 nitrogen and oxygen atoms in total. The molecule has 3 aromatic carbocycles. The molecule has 4 aromatic rings. The van der Waals surface area contributed by atoms with E-state index in [1.54, 1.807) is 19.2 Å². The minimum Gasteiger partial charge on any atom is -0.497 e. The molecule has 0 fully saturated rings. The second-order valence-electron chi connectivity index (χ2n) is 9.64. The van der Waals surface area contributed by atoms with Gasteiger partial charge in [0.15, 0.2) is 11.7 Å². The monoisotopic (exact) mass is 492 g/mol. The second kappa shape index (κ2) is 10.2. The van der Waals surface area contributed by atoms with Gasteiger partial charge in [0.25, 0.3) is 0 Å². The first-order valence-corrected chi connectivity index (χ1v) is 13.1. The average molecular weight is 493 g/mol. The van der Waals surface area contributed by atoms with E-state index in [1.165, 1.54) is 16.8 Å². The number of hydrogen-bond acceptors (Lipinski definition) is 4. The Morgan fingerprint density at radius 3 is 2.11 bits per heavy atom. The molecule has 5 rings (SSSR count). The molecular weight excluding hydrogens is 458 g/mol. The van der Waals surface area contributed by atoms with Gasteiger partial charge in [0.1, 0.15) is 11.4 Å². The van der Waals surface area contributed by atoms with Gasteiger partial charge in [-0.15, -0.1) is 4.91 Å². The molecule has 0 aliphatic carbocycles. The summed E-state index contributed by atoms with van der Waals surface area (Å²) in [5.74, 6) is 1.24. The van der Waals surface area contributed by atoms with Crippen LogP contribution in [0.3, 0.4) is 0 Å². The van der Waals surface area contributed by atoms with Gasteiger partial charge in [0.05, 0.1) is 12.7 Å². The van der Waals surface area contributed by atoms with Crippen molar-refractivity contribution in [2.45, 2.75) is 51.5 Å². The summed E-state index contributed by atoms with van der Waals surface area (Å²) in [7, 11) is 1.67. The normalized spacial score (nSPS) is 15.4. The van der Waals surface area contributed by atoms with Crippen LogP contribution in [0.5, 0.6) is 5.75 Å². The van der Waals surface area contributed by atoms with Crippen LogP contribution in [-0.4, -0.2) is 7.11 Å². The van der Waals surface area contributed by atoms with E-state index in [2.05, 4.69) is 90.1 Å². The van der Waals surface area contributed by atoms with Crippen LogP contribution in [0, 0.1) is 4.91 Å². The third-order valence-corrected chi connectivity index (χ3v) is 8.11. The number of benzene rings is 3. The first kappa shape index (κ1) is 24.7. The van der Waals surface area contributed by atoms with E-state index in [9.17, 15) is 4.91 Å². The molecule has 2 heterocycles. The Balaban J connectivity index is 1.71. The highest BCUT2D eigenvalue weighted by Crippen LogP contribution is 2.48. The Labute approximate surface area is 219 Å². The van der Waals surface area contributed by atoms with E-state index in [0.29, 0.717) is 11.6 Å². The highest BCUT2D eigenvalue weighted by Gasteiger charge is 2.50. The number of rotatable bonds is 8. The lowest BCUT2D eigenvalue weighted by atomic mass is 9.69. The predicted molar refractivity (Wildman–Crippen MR) is 150 cm³/mol. The van der Waals surface area contributed by atoms with E-state index < -0.39 is 0 Å². The minimum atomic E-state index is 0.0627. The number of nitrogens with zero attached hydrogens (tertiary/aromatic N) is 3. The van der Waals surface area contributed by atoms with Crippen molar-refractivity contribution >= 4 is 22.7 Å². The minimum absolute atomic E-state index is 0.0627. The Morgan fingerprint density at radius 2 is 1.51 bits per heavy atom. The summed E-state index contributed by atoms with van der Waals surface area (Å²) in [6.45, 7) is 6.94. The summed E-state index contributed by atoms with van der Waals surface area (Å²) in [6.07, 6.45) is 5.50. The van der Waals surface area contributed by atoms with Crippen LogP contribution in [0.15, 0.2) is 96.3 Å². The first-order chi connectivity index (χ1) is 18.1. The van der Waals surface area contributed by atoms with Crippen LogP contribution in [0.4, 0.5) is 22.7 Å². The molecular formula is C32H34N3O2+. The number of methoxy groups -OCH3 is 1. The van der Waals surface area contributed by atoms with Crippen molar-refractivity contribution in [1.82, 2.24) is 0 Å². The third kappa shape index (κ3) is 4.08. The Morgan fingerprint density at radius 1 is 0.865 bits per heavy atom. The van der Waals surface area contributed by atoms with Crippen LogP contribution >= 0.6 is 0 Å². The number of ether oxygens (including phenoxy) is 1. The quantitative estimate of drug-likeness (QED) is 0.183. The van der Waals surface area contributed by atoms with Gasteiger partial charge in [-0.05, 0) is 83.9 Å². The number of hydrogen-bond donors (Lipinski definition) is 0. The van der Waals surface area contributed by atoms with Crippen molar-refractivity contribution in [3.63, 3.8) is 0 Å². The van der Waals surface area contributed by atoms with Crippen molar-refractivity contribution < 1.29 is 9.30 Å². The molecule has 1 aliphatic rings. The van der Waals surface area contributed by atoms with Gasteiger partial charge in [-0.2, -0.15) is 4.57 Å². The van der Waals surface area contributed by atoms with Crippen molar-refractivity contribution in [2.75, 3.05) is 12.0 Å². The van der Waals surface area contributed by atoms with E-state index in [1.807, 2.05) is 24.3 Å². The molecule has 0 amide bonds. The Hall–Kier alpha value is -3.99. The van der Waals surface area contributed by atoms with Crippen LogP contribution in [0.25, 0.3) is 11.3 Å². The number of pyridine rings is 1. The molecule has 0 radical (unpaired) electrons. The van der Waals surface area contributed by atoms with Crippen LogP contribution in [0.2, 0.25) is 0 Å².